The predicted molar refractivity (Wildman–Crippen MR) is 50.7 cm³/mol. The van der Waals surface area contributed by atoms with Gasteiger partial charge < -0.3 is 5.73 Å². The van der Waals surface area contributed by atoms with Crippen LogP contribution >= 0.6 is 12.4 Å². The second-order valence-electron chi connectivity index (χ2n) is 2.77. The lowest BCUT2D eigenvalue weighted by atomic mass is 10.1. The summed E-state index contributed by atoms with van der Waals surface area (Å²) in [7, 11) is 0. The molecule has 2 nitrogen and oxygen atoms in total. The van der Waals surface area contributed by atoms with E-state index in [1.165, 1.54) is 0 Å². The Labute approximate surface area is 90.9 Å². The van der Waals surface area contributed by atoms with Gasteiger partial charge in [0, 0.05) is 6.04 Å². The second-order valence-corrected chi connectivity index (χ2v) is 2.77. The third kappa shape index (κ3) is 3.11. The van der Waals surface area contributed by atoms with Crippen molar-refractivity contribution in [3.05, 3.63) is 35.1 Å². The van der Waals surface area contributed by atoms with E-state index in [9.17, 15) is 13.2 Å². The third-order valence-corrected chi connectivity index (χ3v) is 1.75. The normalized spacial score (nSPS) is 11.4. The van der Waals surface area contributed by atoms with Crippen LogP contribution in [0.15, 0.2) is 12.1 Å². The molecule has 6 heteroatoms. The molecule has 0 aliphatic heterocycles. The zero-order valence-electron chi connectivity index (χ0n) is 7.51. The number of hydrogen-bond donors (Lipinski definition) is 1. The molecule has 0 saturated heterocycles. The maximum absolute atomic E-state index is 12.7. The fourth-order valence-electron chi connectivity index (χ4n) is 1.01. The third-order valence-electron chi connectivity index (χ3n) is 1.75. The van der Waals surface area contributed by atoms with Crippen molar-refractivity contribution in [2.45, 2.75) is 12.5 Å². The molecule has 0 bridgehead atoms. The van der Waals surface area contributed by atoms with Gasteiger partial charge in [-0.1, -0.05) is 0 Å². The first kappa shape index (κ1) is 13.8. The van der Waals surface area contributed by atoms with Gasteiger partial charge in [0.2, 0.25) is 0 Å². The minimum absolute atomic E-state index is 0. The van der Waals surface area contributed by atoms with E-state index in [0.717, 1.165) is 12.1 Å². The van der Waals surface area contributed by atoms with E-state index < -0.39 is 23.5 Å². The van der Waals surface area contributed by atoms with Gasteiger partial charge in [0.1, 0.15) is 0 Å². The molecule has 0 unspecified atom stereocenters. The van der Waals surface area contributed by atoms with E-state index in [2.05, 4.69) is 0 Å². The van der Waals surface area contributed by atoms with Crippen molar-refractivity contribution in [3.8, 4) is 6.07 Å². The van der Waals surface area contributed by atoms with Crippen molar-refractivity contribution >= 4 is 12.4 Å². The largest absolute Gasteiger partial charge is 0.323 e. The van der Waals surface area contributed by atoms with Crippen LogP contribution < -0.4 is 5.73 Å². The van der Waals surface area contributed by atoms with Crippen molar-refractivity contribution in [3.63, 3.8) is 0 Å². The molecule has 0 amide bonds. The standard InChI is InChI=1S/C9H7F3N2.ClH/c10-6-3-5(8(14)1-2-13)4-7(11)9(6)12;/h3-4,8H,1,14H2;1H/t8-;/m1./s1. The molecule has 1 aromatic carbocycles. The highest BCUT2D eigenvalue weighted by atomic mass is 35.5. The molecule has 82 valence electrons. The maximum Gasteiger partial charge on any atom is 0.194 e. The molecule has 1 atom stereocenters. The highest BCUT2D eigenvalue weighted by Gasteiger charge is 2.14. The first-order valence-corrected chi connectivity index (χ1v) is 3.83. The topological polar surface area (TPSA) is 49.8 Å². The summed E-state index contributed by atoms with van der Waals surface area (Å²) in [4.78, 5) is 0. The first-order chi connectivity index (χ1) is 6.56. The average Bonchev–Trinajstić information content (AvgIpc) is 2.13. The maximum atomic E-state index is 12.7. The molecule has 0 aliphatic carbocycles. The quantitative estimate of drug-likeness (QED) is 0.802. The van der Waals surface area contributed by atoms with Gasteiger partial charge >= 0.3 is 0 Å². The number of rotatable bonds is 2. The van der Waals surface area contributed by atoms with E-state index in [1.807, 2.05) is 0 Å². The van der Waals surface area contributed by atoms with Crippen LogP contribution in [-0.4, -0.2) is 0 Å². The van der Waals surface area contributed by atoms with Gasteiger partial charge in [-0.05, 0) is 17.7 Å². The number of hydrogen-bond acceptors (Lipinski definition) is 2. The van der Waals surface area contributed by atoms with Crippen LogP contribution in [0.25, 0.3) is 0 Å². The highest BCUT2D eigenvalue weighted by Crippen LogP contribution is 2.19. The van der Waals surface area contributed by atoms with Crippen LogP contribution in [0.3, 0.4) is 0 Å². The van der Waals surface area contributed by atoms with E-state index in [4.69, 9.17) is 11.0 Å². The Bertz CT molecular complexity index is 366. The lowest BCUT2D eigenvalue weighted by molar-refractivity contribution is 0.443. The molecule has 2 N–H and O–H groups in total. The summed E-state index contributed by atoms with van der Waals surface area (Å²) in [5.74, 6) is -4.13. The Morgan fingerprint density at radius 2 is 1.73 bits per heavy atom. The number of nitrogens with two attached hydrogens (primary N) is 1. The SMILES string of the molecule is Cl.N#CC[C@@H](N)c1cc(F)c(F)c(F)c1. The zero-order chi connectivity index (χ0) is 10.7. The Kier molecular flexibility index (Phi) is 5.12. The number of halogens is 4. The summed E-state index contributed by atoms with van der Waals surface area (Å²) >= 11 is 0. The Balaban J connectivity index is 0.00000196. The van der Waals surface area contributed by atoms with Gasteiger partial charge in [-0.15, -0.1) is 12.4 Å². The smallest absolute Gasteiger partial charge is 0.194 e. The van der Waals surface area contributed by atoms with E-state index >= 15 is 0 Å². The minimum atomic E-state index is -1.53. The predicted octanol–water partition coefficient (Wildman–Crippen LogP) is 2.44. The summed E-state index contributed by atoms with van der Waals surface area (Å²) in [6.07, 6.45) is -0.0789. The minimum Gasteiger partial charge on any atom is -0.323 e. The lowest BCUT2D eigenvalue weighted by Crippen LogP contribution is -2.10. The molecular weight excluding hydrogens is 229 g/mol. The Hall–Kier alpha value is -1.25. The van der Waals surface area contributed by atoms with Crippen molar-refractivity contribution in [2.24, 2.45) is 5.73 Å². The summed E-state index contributed by atoms with van der Waals surface area (Å²) in [5.41, 5.74) is 5.49. The van der Waals surface area contributed by atoms with Crippen LogP contribution in [0.1, 0.15) is 18.0 Å². The Morgan fingerprint density at radius 1 is 1.27 bits per heavy atom. The van der Waals surface area contributed by atoms with Crippen molar-refractivity contribution in [1.29, 1.82) is 5.26 Å². The van der Waals surface area contributed by atoms with Crippen LogP contribution in [0, 0.1) is 28.8 Å². The summed E-state index contributed by atoms with van der Waals surface area (Å²) in [5, 5.41) is 8.30. The van der Waals surface area contributed by atoms with Crippen LogP contribution in [0.2, 0.25) is 0 Å². The van der Waals surface area contributed by atoms with Crippen LogP contribution in [-0.2, 0) is 0 Å². The van der Waals surface area contributed by atoms with E-state index in [-0.39, 0.29) is 24.4 Å². The summed E-state index contributed by atoms with van der Waals surface area (Å²) in [6, 6.07) is 2.54. The monoisotopic (exact) mass is 236 g/mol. The zero-order valence-corrected chi connectivity index (χ0v) is 8.32. The molecule has 0 aliphatic rings. The van der Waals surface area contributed by atoms with Gasteiger partial charge in [0.15, 0.2) is 17.5 Å². The first-order valence-electron chi connectivity index (χ1n) is 3.83. The number of nitriles is 1. The fraction of sp³-hybridized carbons (Fsp3) is 0.222. The highest BCUT2D eigenvalue weighted by molar-refractivity contribution is 5.85. The molecule has 0 heterocycles. The van der Waals surface area contributed by atoms with Crippen LogP contribution in [0.5, 0.6) is 0 Å². The van der Waals surface area contributed by atoms with Gasteiger partial charge in [-0.3, -0.25) is 0 Å². The molecule has 1 rings (SSSR count). The molecule has 0 radical (unpaired) electrons. The number of nitrogens with zero attached hydrogens (tertiary/aromatic N) is 1. The van der Waals surface area contributed by atoms with Crippen LogP contribution in [0.4, 0.5) is 13.2 Å². The van der Waals surface area contributed by atoms with Gasteiger partial charge in [-0.25, -0.2) is 13.2 Å². The molecule has 0 aromatic heterocycles. The second kappa shape index (κ2) is 5.59. The average molecular weight is 237 g/mol. The van der Waals surface area contributed by atoms with Crippen molar-refractivity contribution in [2.75, 3.05) is 0 Å². The number of benzene rings is 1. The van der Waals surface area contributed by atoms with Crippen molar-refractivity contribution in [1.82, 2.24) is 0 Å². The van der Waals surface area contributed by atoms with E-state index in [1.54, 1.807) is 6.07 Å². The van der Waals surface area contributed by atoms with E-state index in [0.29, 0.717) is 0 Å². The lowest BCUT2D eigenvalue weighted by Gasteiger charge is -2.08. The van der Waals surface area contributed by atoms with Gasteiger partial charge in [0.25, 0.3) is 0 Å². The molecule has 0 spiro atoms. The molecule has 15 heavy (non-hydrogen) atoms. The molecule has 0 fully saturated rings. The summed E-state index contributed by atoms with van der Waals surface area (Å²) in [6.45, 7) is 0. The van der Waals surface area contributed by atoms with Gasteiger partial charge in [-0.2, -0.15) is 5.26 Å². The van der Waals surface area contributed by atoms with Gasteiger partial charge in [0.05, 0.1) is 12.5 Å². The fourth-order valence-corrected chi connectivity index (χ4v) is 1.01. The summed E-state index contributed by atoms with van der Waals surface area (Å²) < 4.78 is 37.9. The van der Waals surface area contributed by atoms with Crippen molar-refractivity contribution < 1.29 is 13.2 Å². The molecular formula is C9H8ClF3N2. The Morgan fingerprint density at radius 3 is 2.13 bits per heavy atom. The molecule has 1 aromatic rings. The molecule has 0 saturated carbocycles.